The first-order valence-electron chi connectivity index (χ1n) is 23.6. The van der Waals surface area contributed by atoms with Crippen LogP contribution in [0.15, 0.2) is 91.3 Å². The maximum absolute atomic E-state index is 13.5. The average Bonchev–Trinajstić information content (AvgIpc) is 4.14. The van der Waals surface area contributed by atoms with E-state index in [-0.39, 0.29) is 29.9 Å². The smallest absolute Gasteiger partial charge is 0.266 e. The van der Waals surface area contributed by atoms with E-state index in [2.05, 4.69) is 71.1 Å². The van der Waals surface area contributed by atoms with Crippen LogP contribution in [0.1, 0.15) is 66.2 Å². The number of anilines is 4. The van der Waals surface area contributed by atoms with E-state index in [1.165, 1.54) is 36.5 Å². The van der Waals surface area contributed by atoms with Crippen molar-refractivity contribution in [2.24, 2.45) is 11.3 Å². The second-order valence-electron chi connectivity index (χ2n) is 18.5. The van der Waals surface area contributed by atoms with Crippen molar-refractivity contribution in [3.63, 3.8) is 0 Å². The minimum atomic E-state index is -1.16. The number of carbonyl (C=O) groups is 6. The summed E-state index contributed by atoms with van der Waals surface area (Å²) in [5.74, 6) is -1.26. The Hall–Kier alpha value is -7.31. The summed E-state index contributed by atoms with van der Waals surface area (Å²) in [6, 6.07) is 21.5. The van der Waals surface area contributed by atoms with Gasteiger partial charge in [-0.15, -0.1) is 0 Å². The van der Waals surface area contributed by atoms with Crippen molar-refractivity contribution in [3.8, 4) is 11.5 Å². The summed E-state index contributed by atoms with van der Waals surface area (Å²) >= 11 is 0. The zero-order chi connectivity index (χ0) is 47.8. The van der Waals surface area contributed by atoms with Gasteiger partial charge in [-0.25, -0.2) is 9.37 Å². The standard InChI is InChI=1S/C51H53FN10O7/c1-31(60-28-26-59(27-29-60)25-22-55-45-44-39(14-20-54-45)47(65)62(48(44)66)41-12-13-43(63)58-46(41)64)32-16-23-61(24-17-32)36-8-11-38-40(30-36)53-21-15-42(38)69-37-9-6-35(7-10-37)57-50(68)51(18-19-51)49(67)56-34-4-2-33(52)3-5-34/h2-11,14-15,20-21,30-32,41H,12-13,16-19,22-29H2,1H3,(H,54,55)(H,56,67)(H,57,68)(H,58,63,64)/t31-,41?/m0/s1. The summed E-state index contributed by atoms with van der Waals surface area (Å²) in [5.41, 5.74) is 2.13. The number of carbonyl (C=O) groups excluding carboxylic acids is 6. The van der Waals surface area contributed by atoms with Crippen LogP contribution in [0, 0.1) is 17.2 Å². The molecule has 4 N–H and O–H groups in total. The fraction of sp³-hybridized carbons (Fsp3) is 0.373. The number of nitrogens with one attached hydrogen (secondary N) is 4. The number of benzene rings is 3. The molecule has 18 heteroatoms. The summed E-state index contributed by atoms with van der Waals surface area (Å²) in [5, 5.41) is 12.0. The molecule has 5 aliphatic rings. The van der Waals surface area contributed by atoms with Crippen molar-refractivity contribution < 1.29 is 37.9 Å². The molecule has 4 fully saturated rings. The highest BCUT2D eigenvalue weighted by molar-refractivity contribution is 6.25. The fourth-order valence-corrected chi connectivity index (χ4v) is 10.1. The van der Waals surface area contributed by atoms with E-state index < -0.39 is 46.8 Å². The van der Waals surface area contributed by atoms with E-state index in [4.69, 9.17) is 4.74 Å². The van der Waals surface area contributed by atoms with Crippen LogP contribution in [-0.2, 0) is 19.2 Å². The van der Waals surface area contributed by atoms with Gasteiger partial charge in [0.2, 0.25) is 23.6 Å². The van der Waals surface area contributed by atoms with Crippen LogP contribution < -0.4 is 30.9 Å². The van der Waals surface area contributed by atoms with Gasteiger partial charge >= 0.3 is 0 Å². The topological polar surface area (TPSA) is 199 Å². The lowest BCUT2D eigenvalue weighted by Crippen LogP contribution is -2.54. The van der Waals surface area contributed by atoms with Gasteiger partial charge in [-0.05, 0) is 124 Å². The summed E-state index contributed by atoms with van der Waals surface area (Å²) < 4.78 is 19.6. The highest BCUT2D eigenvalue weighted by atomic mass is 19.1. The lowest BCUT2D eigenvalue weighted by Gasteiger charge is -2.43. The molecule has 356 valence electrons. The summed E-state index contributed by atoms with van der Waals surface area (Å²) in [6.07, 6.45) is 6.41. The second kappa shape index (κ2) is 19.0. The lowest BCUT2D eigenvalue weighted by molar-refractivity contribution is -0.136. The van der Waals surface area contributed by atoms with Gasteiger partial charge < -0.3 is 25.6 Å². The van der Waals surface area contributed by atoms with Crippen LogP contribution >= 0.6 is 0 Å². The summed E-state index contributed by atoms with van der Waals surface area (Å²) in [6.45, 7) is 9.24. The van der Waals surface area contributed by atoms with Gasteiger partial charge in [0.15, 0.2) is 0 Å². The van der Waals surface area contributed by atoms with Gasteiger partial charge in [-0.3, -0.25) is 53.8 Å². The first-order chi connectivity index (χ1) is 33.4. The van der Waals surface area contributed by atoms with Crippen molar-refractivity contribution >= 4 is 69.2 Å². The molecule has 17 nitrogen and oxygen atoms in total. The molecule has 0 bridgehead atoms. The third kappa shape index (κ3) is 9.33. The molecule has 3 saturated heterocycles. The number of pyridine rings is 2. The Morgan fingerprint density at radius 1 is 0.812 bits per heavy atom. The number of fused-ring (bicyclic) bond motifs is 2. The molecule has 4 aliphatic heterocycles. The van der Waals surface area contributed by atoms with Crippen molar-refractivity contribution in [1.29, 1.82) is 0 Å². The first-order valence-corrected chi connectivity index (χ1v) is 23.6. The van der Waals surface area contributed by atoms with E-state index in [9.17, 15) is 33.2 Å². The zero-order valence-corrected chi connectivity index (χ0v) is 38.2. The lowest BCUT2D eigenvalue weighted by atomic mass is 9.88. The number of piperidine rings is 2. The quantitative estimate of drug-likeness (QED) is 0.0788. The van der Waals surface area contributed by atoms with E-state index in [0.29, 0.717) is 60.0 Å². The molecule has 5 aromatic rings. The molecule has 6 heterocycles. The van der Waals surface area contributed by atoms with Gasteiger partial charge in [0, 0.05) is 99.7 Å². The van der Waals surface area contributed by atoms with Crippen molar-refractivity contribution in [3.05, 3.63) is 108 Å². The number of rotatable bonds is 14. The molecule has 10 rings (SSSR count). The van der Waals surface area contributed by atoms with E-state index in [1.807, 2.05) is 6.07 Å². The second-order valence-corrected chi connectivity index (χ2v) is 18.5. The van der Waals surface area contributed by atoms with Crippen LogP contribution in [-0.4, -0.2) is 125 Å². The highest BCUT2D eigenvalue weighted by Gasteiger charge is 2.56. The molecule has 6 amide bonds. The highest BCUT2D eigenvalue weighted by Crippen LogP contribution is 2.48. The molecule has 1 saturated carbocycles. The van der Waals surface area contributed by atoms with E-state index in [1.54, 1.807) is 30.5 Å². The average molecular weight is 937 g/mol. The van der Waals surface area contributed by atoms with Crippen molar-refractivity contribution in [1.82, 2.24) is 30.0 Å². The number of amides is 6. The maximum Gasteiger partial charge on any atom is 0.266 e. The fourth-order valence-electron chi connectivity index (χ4n) is 10.1. The van der Waals surface area contributed by atoms with Crippen molar-refractivity contribution in [2.75, 3.05) is 73.2 Å². The Bertz CT molecular complexity index is 2820. The normalized spacial score (nSPS) is 20.1. The van der Waals surface area contributed by atoms with E-state index in [0.717, 1.165) is 80.1 Å². The van der Waals surface area contributed by atoms with Gasteiger partial charge in [-0.2, -0.15) is 0 Å². The molecule has 1 aliphatic carbocycles. The first kappa shape index (κ1) is 45.5. The minimum absolute atomic E-state index is 0.0620. The number of hydrogen-bond acceptors (Lipinski definition) is 13. The van der Waals surface area contributed by atoms with Gasteiger partial charge in [0.1, 0.15) is 34.6 Å². The van der Waals surface area contributed by atoms with Crippen LogP contribution in [0.25, 0.3) is 10.9 Å². The molecular formula is C51H53FN10O7. The molecule has 2 aromatic heterocycles. The Morgan fingerprint density at radius 3 is 2.17 bits per heavy atom. The Labute approximate surface area is 397 Å². The number of nitrogens with zero attached hydrogens (tertiary/aromatic N) is 6. The Balaban J connectivity index is 0.671. The predicted octanol–water partition coefficient (Wildman–Crippen LogP) is 5.65. The van der Waals surface area contributed by atoms with Gasteiger partial charge in [-0.1, -0.05) is 0 Å². The Morgan fingerprint density at radius 2 is 1.49 bits per heavy atom. The molecule has 0 spiro atoms. The SMILES string of the molecule is C[C@@H](C1CCN(c2ccc3c(Oc4ccc(NC(=O)C5(C(=O)Nc6ccc(F)cc6)CC5)cc4)ccnc3c2)CC1)N1CCN(CCNc2nccc3c2C(=O)N(C2CCC(=O)NC2=O)C3=O)CC1. The van der Waals surface area contributed by atoms with E-state index >= 15 is 0 Å². The van der Waals surface area contributed by atoms with Crippen LogP contribution in [0.2, 0.25) is 0 Å². The third-order valence-corrected chi connectivity index (χ3v) is 14.4. The molecule has 69 heavy (non-hydrogen) atoms. The van der Waals surface area contributed by atoms with Gasteiger partial charge in [0.05, 0.1) is 16.6 Å². The number of imide groups is 2. The molecule has 3 aromatic carbocycles. The summed E-state index contributed by atoms with van der Waals surface area (Å²) in [4.78, 5) is 94.5. The zero-order valence-electron chi connectivity index (χ0n) is 38.2. The largest absolute Gasteiger partial charge is 0.457 e. The number of halogens is 1. The Kier molecular flexibility index (Phi) is 12.5. The number of piperazine rings is 1. The van der Waals surface area contributed by atoms with Gasteiger partial charge in [0.25, 0.3) is 11.8 Å². The molecular weight excluding hydrogens is 884 g/mol. The monoisotopic (exact) mass is 936 g/mol. The molecule has 0 radical (unpaired) electrons. The van der Waals surface area contributed by atoms with Crippen LogP contribution in [0.4, 0.5) is 27.3 Å². The predicted molar refractivity (Wildman–Crippen MR) is 255 cm³/mol. The molecule has 2 atom stereocenters. The maximum atomic E-state index is 13.5. The number of hydrogen-bond donors (Lipinski definition) is 4. The number of ether oxygens (including phenoxy) is 1. The molecule has 1 unspecified atom stereocenters. The summed E-state index contributed by atoms with van der Waals surface area (Å²) in [7, 11) is 0. The van der Waals surface area contributed by atoms with Crippen LogP contribution in [0.3, 0.4) is 0 Å². The minimum Gasteiger partial charge on any atom is -0.457 e. The van der Waals surface area contributed by atoms with Crippen molar-refractivity contribution in [2.45, 2.75) is 57.5 Å². The third-order valence-electron chi connectivity index (χ3n) is 14.4. The number of aromatic nitrogens is 2. The van der Waals surface area contributed by atoms with Crippen LogP contribution in [0.5, 0.6) is 11.5 Å².